The highest BCUT2D eigenvalue weighted by Gasteiger charge is 2.26. The van der Waals surface area contributed by atoms with E-state index in [1.807, 2.05) is 0 Å². The molecule has 0 aromatic heterocycles. The van der Waals surface area contributed by atoms with Gasteiger partial charge in [0, 0.05) is 58.5 Å². The number of nitrogens with one attached hydrogen (secondary N) is 1. The Kier molecular flexibility index (Phi) is 8.14. The number of carbonyl (C=O) groups is 1. The van der Waals surface area contributed by atoms with Gasteiger partial charge in [0.1, 0.15) is 0 Å². The van der Waals surface area contributed by atoms with Gasteiger partial charge < -0.3 is 10.2 Å². The summed E-state index contributed by atoms with van der Waals surface area (Å²) in [6, 6.07) is 13.7. The van der Waals surface area contributed by atoms with Crippen molar-refractivity contribution in [1.29, 1.82) is 0 Å². The first-order valence-corrected chi connectivity index (χ1v) is 14.1. The smallest absolute Gasteiger partial charge is 0.253 e. The fourth-order valence-electron chi connectivity index (χ4n) is 5.05. The van der Waals surface area contributed by atoms with Gasteiger partial charge >= 0.3 is 0 Å². The summed E-state index contributed by atoms with van der Waals surface area (Å²) in [5.41, 5.74) is 3.87. The third-order valence-corrected chi connectivity index (χ3v) is 8.91. The van der Waals surface area contributed by atoms with Crippen LogP contribution in [0.1, 0.15) is 53.6 Å². The maximum absolute atomic E-state index is 13.5. The molecule has 1 amide bonds. The van der Waals surface area contributed by atoms with Gasteiger partial charge in [0.15, 0.2) is 0 Å². The molecular weight excluding hydrogens is 460 g/mol. The first-order valence-electron chi connectivity index (χ1n) is 12.6. The summed E-state index contributed by atoms with van der Waals surface area (Å²) in [6.07, 6.45) is 5.11. The molecule has 8 heteroatoms. The molecule has 190 valence electrons. The number of hydrogen-bond acceptors (Lipinski definition) is 5. The zero-order chi connectivity index (χ0) is 25.0. The maximum atomic E-state index is 13.5. The van der Waals surface area contributed by atoms with Crippen molar-refractivity contribution in [2.75, 3.05) is 45.2 Å². The van der Waals surface area contributed by atoms with Crippen LogP contribution in [0.3, 0.4) is 0 Å². The number of anilines is 1. The summed E-state index contributed by atoms with van der Waals surface area (Å²) in [5, 5.41) is 3.22. The second-order valence-electron chi connectivity index (χ2n) is 10.0. The van der Waals surface area contributed by atoms with Gasteiger partial charge in [-0.3, -0.25) is 9.69 Å². The first kappa shape index (κ1) is 25.7. The Labute approximate surface area is 210 Å². The Balaban J connectivity index is 1.46. The molecule has 0 radical (unpaired) electrons. The molecule has 0 spiro atoms. The fraction of sp³-hybridized carbons (Fsp3) is 0.519. The Bertz CT molecular complexity index is 1130. The van der Waals surface area contributed by atoms with E-state index in [0.717, 1.165) is 64.1 Å². The van der Waals surface area contributed by atoms with E-state index in [1.165, 1.54) is 35.9 Å². The summed E-state index contributed by atoms with van der Waals surface area (Å²) in [4.78, 5) is 18.3. The minimum absolute atomic E-state index is 0.0829. The van der Waals surface area contributed by atoms with Gasteiger partial charge in [-0.15, -0.1) is 0 Å². The molecule has 2 aliphatic heterocycles. The number of hydrogen-bond donors (Lipinski definition) is 1. The fourth-order valence-corrected chi connectivity index (χ4v) is 5.97. The van der Waals surface area contributed by atoms with Crippen LogP contribution in [0.5, 0.6) is 0 Å². The van der Waals surface area contributed by atoms with Crippen molar-refractivity contribution >= 4 is 21.6 Å². The van der Waals surface area contributed by atoms with Gasteiger partial charge in [-0.25, -0.2) is 12.7 Å². The number of piperidine rings is 2. The van der Waals surface area contributed by atoms with E-state index in [1.54, 1.807) is 18.2 Å². The molecule has 2 heterocycles. The highest BCUT2D eigenvalue weighted by Crippen LogP contribution is 2.28. The number of carbonyl (C=O) groups excluding carboxylic acids is 1. The van der Waals surface area contributed by atoms with Crippen molar-refractivity contribution in [2.24, 2.45) is 0 Å². The number of aryl methyl sites for hydroxylation is 1. The van der Waals surface area contributed by atoms with E-state index in [0.29, 0.717) is 5.56 Å². The average Bonchev–Trinajstić information content (AvgIpc) is 2.85. The number of rotatable bonds is 7. The van der Waals surface area contributed by atoms with Crippen LogP contribution in [0.15, 0.2) is 47.4 Å². The normalized spacial score (nSPS) is 18.1. The zero-order valence-corrected chi connectivity index (χ0v) is 22.0. The lowest BCUT2D eigenvalue weighted by Crippen LogP contribution is -2.44. The van der Waals surface area contributed by atoms with Crippen LogP contribution < -0.4 is 10.2 Å². The van der Waals surface area contributed by atoms with Crippen LogP contribution in [-0.4, -0.2) is 69.8 Å². The highest BCUT2D eigenvalue weighted by molar-refractivity contribution is 7.89. The van der Waals surface area contributed by atoms with Crippen molar-refractivity contribution in [2.45, 2.75) is 56.5 Å². The molecule has 0 atom stereocenters. The highest BCUT2D eigenvalue weighted by atomic mass is 32.2. The van der Waals surface area contributed by atoms with Crippen LogP contribution in [0.4, 0.5) is 5.69 Å². The van der Waals surface area contributed by atoms with Crippen LogP contribution in [0, 0.1) is 6.92 Å². The Hall–Kier alpha value is -2.42. The molecule has 2 saturated heterocycles. The molecule has 7 nitrogen and oxygen atoms in total. The third kappa shape index (κ3) is 6.23. The lowest BCUT2D eigenvalue weighted by atomic mass is 10.0. The third-order valence-electron chi connectivity index (χ3n) is 7.10. The van der Waals surface area contributed by atoms with Gasteiger partial charge in [0.05, 0.1) is 10.5 Å². The topological polar surface area (TPSA) is 73.0 Å². The first-order chi connectivity index (χ1) is 16.7. The number of benzene rings is 2. The molecule has 35 heavy (non-hydrogen) atoms. The number of amides is 1. The lowest BCUT2D eigenvalue weighted by Gasteiger charge is -2.33. The molecule has 0 bridgehead atoms. The van der Waals surface area contributed by atoms with Gasteiger partial charge in [-0.1, -0.05) is 29.8 Å². The molecular formula is C27H38N4O3S. The molecule has 1 N–H and O–H groups in total. The molecule has 2 aromatic rings. The van der Waals surface area contributed by atoms with E-state index in [2.05, 4.69) is 46.3 Å². The minimum Gasteiger partial charge on any atom is -0.371 e. The van der Waals surface area contributed by atoms with Crippen molar-refractivity contribution in [1.82, 2.24) is 14.5 Å². The quantitative estimate of drug-likeness (QED) is 0.631. The van der Waals surface area contributed by atoms with Crippen LogP contribution in [0.25, 0.3) is 0 Å². The molecule has 0 unspecified atom stereocenters. The van der Waals surface area contributed by atoms with E-state index >= 15 is 0 Å². The van der Waals surface area contributed by atoms with E-state index < -0.39 is 10.0 Å². The van der Waals surface area contributed by atoms with Gasteiger partial charge in [-0.05, 0) is 62.8 Å². The molecule has 2 fully saturated rings. The van der Waals surface area contributed by atoms with Crippen molar-refractivity contribution in [3.63, 3.8) is 0 Å². The van der Waals surface area contributed by atoms with Gasteiger partial charge in [0.2, 0.25) is 10.0 Å². The average molecular weight is 499 g/mol. The molecule has 2 aromatic carbocycles. The maximum Gasteiger partial charge on any atom is 0.253 e. The number of nitrogens with zero attached hydrogens (tertiary/aromatic N) is 3. The second-order valence-corrected chi connectivity index (χ2v) is 12.2. The summed E-state index contributed by atoms with van der Waals surface area (Å²) in [7, 11) is -0.601. The molecule has 0 saturated carbocycles. The van der Waals surface area contributed by atoms with Gasteiger partial charge in [0.25, 0.3) is 5.91 Å². The number of likely N-dealkylation sites (tertiary alicyclic amines) is 1. The van der Waals surface area contributed by atoms with Crippen molar-refractivity contribution in [3.05, 3.63) is 59.2 Å². The second kappa shape index (κ2) is 11.1. The van der Waals surface area contributed by atoms with Gasteiger partial charge in [-0.2, -0.15) is 0 Å². The van der Waals surface area contributed by atoms with E-state index in [4.69, 9.17) is 0 Å². The lowest BCUT2D eigenvalue weighted by molar-refractivity contribution is 0.0909. The van der Waals surface area contributed by atoms with Crippen molar-refractivity contribution < 1.29 is 13.2 Å². The predicted molar refractivity (Wildman–Crippen MR) is 140 cm³/mol. The molecule has 4 rings (SSSR count). The summed E-state index contributed by atoms with van der Waals surface area (Å²) in [6.45, 7) is 6.66. The van der Waals surface area contributed by atoms with E-state index in [9.17, 15) is 13.2 Å². The molecule has 0 aliphatic carbocycles. The van der Waals surface area contributed by atoms with E-state index in [-0.39, 0.29) is 16.8 Å². The SMILES string of the molecule is Cc1cccc(CN2CCC(NC(=O)c3cc(S(=O)(=O)N(C)C)ccc3N3CCCCC3)CC2)c1. The van der Waals surface area contributed by atoms with Crippen LogP contribution >= 0.6 is 0 Å². The Morgan fingerprint density at radius 1 is 1.00 bits per heavy atom. The zero-order valence-electron chi connectivity index (χ0n) is 21.2. The Morgan fingerprint density at radius 2 is 1.71 bits per heavy atom. The summed E-state index contributed by atoms with van der Waals surface area (Å²) in [5.74, 6) is -0.182. The predicted octanol–water partition coefficient (Wildman–Crippen LogP) is 3.63. The van der Waals surface area contributed by atoms with Crippen LogP contribution in [-0.2, 0) is 16.6 Å². The number of sulfonamides is 1. The molecule has 2 aliphatic rings. The standard InChI is InChI=1S/C27H38N4O3S/c1-21-8-7-9-22(18-21)20-30-16-12-23(13-17-30)28-27(32)25-19-24(35(33,34)29(2)3)10-11-26(25)31-14-5-4-6-15-31/h7-11,18-19,23H,4-6,12-17,20H2,1-3H3,(H,28,32). The monoisotopic (exact) mass is 498 g/mol. The van der Waals surface area contributed by atoms with Crippen LogP contribution in [0.2, 0.25) is 0 Å². The van der Waals surface area contributed by atoms with Crippen molar-refractivity contribution in [3.8, 4) is 0 Å². The Morgan fingerprint density at radius 3 is 2.37 bits per heavy atom. The minimum atomic E-state index is -3.63. The largest absolute Gasteiger partial charge is 0.371 e. The summed E-state index contributed by atoms with van der Waals surface area (Å²) < 4.78 is 26.7. The summed E-state index contributed by atoms with van der Waals surface area (Å²) >= 11 is 0.